The van der Waals surface area contributed by atoms with E-state index in [9.17, 15) is 14.9 Å². The van der Waals surface area contributed by atoms with E-state index in [1.165, 1.54) is 6.20 Å². The fourth-order valence-electron chi connectivity index (χ4n) is 2.38. The van der Waals surface area contributed by atoms with Crippen LogP contribution in [0.25, 0.3) is 0 Å². The third-order valence-electron chi connectivity index (χ3n) is 3.31. The van der Waals surface area contributed by atoms with Crippen molar-refractivity contribution in [3.05, 3.63) is 16.3 Å². The smallest absolute Gasteiger partial charge is 0.331 e. The van der Waals surface area contributed by atoms with Crippen LogP contribution < -0.4 is 4.90 Å². The topological polar surface area (TPSA) is 90.5 Å². The van der Waals surface area contributed by atoms with Crippen molar-refractivity contribution in [1.29, 1.82) is 0 Å². The zero-order chi connectivity index (χ0) is 16.1. The SMILES string of the molecule is C[S+](C)COCCn1ncc([N+](=O)[O-])c1N1CCCC(=O)C1. The van der Waals surface area contributed by atoms with Crippen molar-refractivity contribution in [3.63, 3.8) is 0 Å². The number of Topliss-reactive ketones (excluding diaryl/α,β-unsaturated/α-hetero) is 1. The predicted molar refractivity (Wildman–Crippen MR) is 85.4 cm³/mol. The number of ether oxygens (including phenoxy) is 1. The Hall–Kier alpha value is -1.61. The Kier molecular flexibility index (Phi) is 5.78. The number of hydrogen-bond acceptors (Lipinski definition) is 6. The summed E-state index contributed by atoms with van der Waals surface area (Å²) in [5.41, 5.74) is -0.0552. The molecule has 1 aromatic heterocycles. The summed E-state index contributed by atoms with van der Waals surface area (Å²) in [5.74, 6) is 1.18. The number of nitro groups is 1. The van der Waals surface area contributed by atoms with Crippen molar-refractivity contribution in [1.82, 2.24) is 9.78 Å². The first-order valence-corrected chi connectivity index (χ1v) is 9.29. The van der Waals surface area contributed by atoms with Gasteiger partial charge in [0, 0.05) is 23.9 Å². The average molecular weight is 329 g/mol. The molecule has 2 heterocycles. The molecule has 9 heteroatoms. The highest BCUT2D eigenvalue weighted by Gasteiger charge is 2.29. The third-order valence-corrected chi connectivity index (χ3v) is 3.94. The zero-order valence-electron chi connectivity index (χ0n) is 12.9. The fraction of sp³-hybridized carbons (Fsp3) is 0.692. The van der Waals surface area contributed by atoms with Gasteiger partial charge >= 0.3 is 5.69 Å². The summed E-state index contributed by atoms with van der Waals surface area (Å²) in [5, 5.41) is 15.3. The molecule has 0 saturated carbocycles. The molecule has 1 aliphatic rings. The molecule has 0 aliphatic carbocycles. The second-order valence-corrected chi connectivity index (χ2v) is 7.62. The Morgan fingerprint density at radius 3 is 2.91 bits per heavy atom. The molecule has 0 radical (unpaired) electrons. The molecular formula is C13H21N4O4S+. The lowest BCUT2D eigenvalue weighted by Crippen LogP contribution is -2.37. The van der Waals surface area contributed by atoms with E-state index < -0.39 is 4.92 Å². The fourth-order valence-corrected chi connectivity index (χ4v) is 2.83. The maximum absolute atomic E-state index is 11.6. The molecule has 1 aromatic rings. The number of anilines is 1. The lowest BCUT2D eigenvalue weighted by atomic mass is 10.1. The summed E-state index contributed by atoms with van der Waals surface area (Å²) in [6.45, 7) is 1.72. The predicted octanol–water partition coefficient (Wildman–Crippen LogP) is 0.813. The van der Waals surface area contributed by atoms with Crippen LogP contribution in [0.4, 0.5) is 11.5 Å². The van der Waals surface area contributed by atoms with Crippen molar-refractivity contribution in [2.24, 2.45) is 0 Å². The number of carbonyl (C=O) groups is 1. The molecule has 1 saturated heterocycles. The molecule has 8 nitrogen and oxygen atoms in total. The van der Waals surface area contributed by atoms with Crippen LogP contribution in [-0.2, 0) is 27.0 Å². The second kappa shape index (κ2) is 7.59. The number of nitrogens with zero attached hydrogens (tertiary/aromatic N) is 4. The summed E-state index contributed by atoms with van der Waals surface area (Å²) in [6.07, 6.45) is 6.68. The first-order chi connectivity index (χ1) is 10.5. The van der Waals surface area contributed by atoms with Gasteiger partial charge in [-0.3, -0.25) is 14.9 Å². The highest BCUT2D eigenvalue weighted by molar-refractivity contribution is 7.95. The third kappa shape index (κ3) is 4.20. The summed E-state index contributed by atoms with van der Waals surface area (Å²) >= 11 is 0. The minimum atomic E-state index is -0.450. The van der Waals surface area contributed by atoms with E-state index in [1.807, 2.05) is 0 Å². The Morgan fingerprint density at radius 2 is 2.27 bits per heavy atom. The minimum Gasteiger partial charge on any atom is -0.344 e. The zero-order valence-corrected chi connectivity index (χ0v) is 13.7. The van der Waals surface area contributed by atoms with Gasteiger partial charge in [-0.15, -0.1) is 0 Å². The van der Waals surface area contributed by atoms with Crippen molar-refractivity contribution < 1.29 is 14.5 Å². The maximum Gasteiger partial charge on any atom is 0.331 e. The maximum atomic E-state index is 11.6. The van der Waals surface area contributed by atoms with E-state index in [1.54, 1.807) is 9.58 Å². The van der Waals surface area contributed by atoms with Gasteiger partial charge in [-0.25, -0.2) is 4.68 Å². The van der Waals surface area contributed by atoms with Crippen molar-refractivity contribution >= 4 is 28.2 Å². The highest BCUT2D eigenvalue weighted by Crippen LogP contribution is 2.29. The van der Waals surface area contributed by atoms with Crippen LogP contribution in [0, 0.1) is 10.1 Å². The second-order valence-electron chi connectivity index (χ2n) is 5.41. The van der Waals surface area contributed by atoms with Crippen LogP contribution in [0.5, 0.6) is 0 Å². The van der Waals surface area contributed by atoms with Gasteiger partial charge in [-0.05, 0) is 6.42 Å². The van der Waals surface area contributed by atoms with E-state index >= 15 is 0 Å². The Balaban J connectivity index is 2.12. The van der Waals surface area contributed by atoms with Crippen molar-refractivity contribution in [2.75, 3.05) is 43.0 Å². The number of piperidine rings is 1. The molecule has 22 heavy (non-hydrogen) atoms. The van der Waals surface area contributed by atoms with E-state index in [2.05, 4.69) is 17.6 Å². The summed E-state index contributed by atoms with van der Waals surface area (Å²) in [4.78, 5) is 24.1. The molecule has 0 bridgehead atoms. The van der Waals surface area contributed by atoms with Crippen LogP contribution in [0.2, 0.25) is 0 Å². The van der Waals surface area contributed by atoms with Gasteiger partial charge in [0.25, 0.3) is 0 Å². The van der Waals surface area contributed by atoms with Gasteiger partial charge < -0.3 is 9.64 Å². The number of aromatic nitrogens is 2. The van der Waals surface area contributed by atoms with Gasteiger partial charge in [0.05, 0.1) is 37.1 Å². The van der Waals surface area contributed by atoms with Crippen LogP contribution in [0.1, 0.15) is 12.8 Å². The lowest BCUT2D eigenvalue weighted by molar-refractivity contribution is -0.384. The standard InChI is InChI=1S/C13H21N4O4S/c1-22(2)10-21-7-6-16-13(12(8-14-16)17(19)20)15-5-3-4-11(18)9-15/h8H,3-7,9-10H2,1-2H3/q+1. The minimum absolute atomic E-state index is 0.0552. The molecule has 1 aliphatic heterocycles. The van der Waals surface area contributed by atoms with Crippen molar-refractivity contribution in [2.45, 2.75) is 19.4 Å². The molecule has 0 aromatic carbocycles. The quantitative estimate of drug-likeness (QED) is 0.318. The molecule has 0 amide bonds. The monoisotopic (exact) mass is 329 g/mol. The van der Waals surface area contributed by atoms with E-state index in [0.29, 0.717) is 44.3 Å². The van der Waals surface area contributed by atoms with Crippen molar-refractivity contribution in [3.8, 4) is 0 Å². The number of hydrogen-bond donors (Lipinski definition) is 0. The van der Waals surface area contributed by atoms with Gasteiger partial charge in [0.2, 0.25) is 11.8 Å². The molecule has 0 spiro atoms. The van der Waals surface area contributed by atoms with Gasteiger partial charge in [-0.2, -0.15) is 5.10 Å². The number of carbonyl (C=O) groups excluding carboxylic acids is 1. The van der Waals surface area contributed by atoms with Gasteiger partial charge in [-0.1, -0.05) is 0 Å². The van der Waals surface area contributed by atoms with Crippen LogP contribution in [0.3, 0.4) is 0 Å². The largest absolute Gasteiger partial charge is 0.344 e. The molecular weight excluding hydrogens is 308 g/mol. The summed E-state index contributed by atoms with van der Waals surface area (Å²) in [6, 6.07) is 0. The summed E-state index contributed by atoms with van der Waals surface area (Å²) < 4.78 is 7.10. The molecule has 1 fully saturated rings. The molecule has 0 unspecified atom stereocenters. The molecule has 2 rings (SSSR count). The summed E-state index contributed by atoms with van der Waals surface area (Å²) in [7, 11) is 0.195. The average Bonchev–Trinajstić information content (AvgIpc) is 2.87. The highest BCUT2D eigenvalue weighted by atomic mass is 32.2. The Morgan fingerprint density at radius 1 is 1.50 bits per heavy atom. The molecule has 122 valence electrons. The van der Waals surface area contributed by atoms with E-state index in [4.69, 9.17) is 4.74 Å². The van der Waals surface area contributed by atoms with Crippen LogP contribution >= 0.6 is 0 Å². The van der Waals surface area contributed by atoms with Crippen LogP contribution in [-0.4, -0.2) is 58.6 Å². The normalized spacial score (nSPS) is 15.6. The van der Waals surface area contributed by atoms with Crippen LogP contribution in [0.15, 0.2) is 6.20 Å². The Bertz CT molecular complexity index is 546. The van der Waals surface area contributed by atoms with Gasteiger partial charge in [0.15, 0.2) is 5.78 Å². The first-order valence-electron chi connectivity index (χ1n) is 7.08. The number of ketones is 1. The van der Waals surface area contributed by atoms with E-state index in [0.717, 1.165) is 0 Å². The van der Waals surface area contributed by atoms with Gasteiger partial charge in [0.1, 0.15) is 6.20 Å². The first kappa shape index (κ1) is 16.8. The molecule has 0 atom stereocenters. The molecule has 0 N–H and O–H groups in total. The van der Waals surface area contributed by atoms with E-state index in [-0.39, 0.29) is 28.9 Å². The number of rotatable bonds is 7. The lowest BCUT2D eigenvalue weighted by Gasteiger charge is -2.27. The Labute approximate surface area is 131 Å².